The SMILES string of the molecule is CCC(O)COc1ccc([C@H](C)N)cc1C. The van der Waals surface area contributed by atoms with E-state index in [4.69, 9.17) is 10.5 Å². The Hall–Kier alpha value is -1.06. The number of aliphatic hydroxyl groups excluding tert-OH is 1. The molecule has 3 nitrogen and oxygen atoms in total. The van der Waals surface area contributed by atoms with Crippen LogP contribution in [0.1, 0.15) is 37.4 Å². The van der Waals surface area contributed by atoms with Gasteiger partial charge >= 0.3 is 0 Å². The zero-order chi connectivity index (χ0) is 12.1. The molecule has 1 aromatic rings. The monoisotopic (exact) mass is 223 g/mol. The van der Waals surface area contributed by atoms with Gasteiger partial charge in [-0.3, -0.25) is 0 Å². The van der Waals surface area contributed by atoms with E-state index in [2.05, 4.69) is 0 Å². The molecule has 0 aliphatic carbocycles. The highest BCUT2D eigenvalue weighted by Gasteiger charge is 2.06. The lowest BCUT2D eigenvalue weighted by Gasteiger charge is -2.14. The first-order valence-electron chi connectivity index (χ1n) is 5.71. The second-order valence-electron chi connectivity index (χ2n) is 4.19. The summed E-state index contributed by atoms with van der Waals surface area (Å²) in [5, 5.41) is 9.41. The number of nitrogens with two attached hydrogens (primary N) is 1. The molecule has 0 saturated carbocycles. The van der Waals surface area contributed by atoms with Gasteiger partial charge in [0.1, 0.15) is 12.4 Å². The van der Waals surface area contributed by atoms with Crippen LogP contribution in [0, 0.1) is 6.92 Å². The van der Waals surface area contributed by atoms with Gasteiger partial charge in [-0.1, -0.05) is 19.1 Å². The highest BCUT2D eigenvalue weighted by Crippen LogP contribution is 2.22. The molecule has 0 saturated heterocycles. The average Bonchev–Trinajstić information content (AvgIpc) is 2.26. The van der Waals surface area contributed by atoms with Gasteiger partial charge in [0, 0.05) is 6.04 Å². The van der Waals surface area contributed by atoms with Crippen LogP contribution in [-0.4, -0.2) is 17.8 Å². The molecule has 3 N–H and O–H groups in total. The van der Waals surface area contributed by atoms with Gasteiger partial charge in [-0.15, -0.1) is 0 Å². The summed E-state index contributed by atoms with van der Waals surface area (Å²) >= 11 is 0. The van der Waals surface area contributed by atoms with E-state index in [9.17, 15) is 5.11 Å². The van der Waals surface area contributed by atoms with Crippen LogP contribution in [0.25, 0.3) is 0 Å². The van der Waals surface area contributed by atoms with Crippen molar-refractivity contribution in [3.63, 3.8) is 0 Å². The van der Waals surface area contributed by atoms with Crippen molar-refractivity contribution in [3.05, 3.63) is 29.3 Å². The van der Waals surface area contributed by atoms with E-state index < -0.39 is 6.10 Å². The summed E-state index contributed by atoms with van der Waals surface area (Å²) in [4.78, 5) is 0. The molecule has 1 aromatic carbocycles. The number of benzene rings is 1. The first-order valence-corrected chi connectivity index (χ1v) is 5.71. The molecule has 90 valence electrons. The normalized spacial score (nSPS) is 14.6. The molecule has 16 heavy (non-hydrogen) atoms. The summed E-state index contributed by atoms with van der Waals surface area (Å²) in [6.07, 6.45) is 0.309. The lowest BCUT2D eigenvalue weighted by atomic mass is 10.1. The third kappa shape index (κ3) is 3.51. The maximum atomic E-state index is 9.41. The van der Waals surface area contributed by atoms with Gasteiger partial charge in [0.2, 0.25) is 0 Å². The molecule has 1 unspecified atom stereocenters. The quantitative estimate of drug-likeness (QED) is 0.804. The molecule has 0 heterocycles. The third-order valence-electron chi connectivity index (χ3n) is 2.63. The summed E-state index contributed by atoms with van der Waals surface area (Å²) < 4.78 is 5.53. The minimum absolute atomic E-state index is 0.0361. The fourth-order valence-corrected chi connectivity index (χ4v) is 1.42. The lowest BCUT2D eigenvalue weighted by Crippen LogP contribution is -2.16. The molecule has 0 radical (unpaired) electrons. The van der Waals surface area contributed by atoms with Gasteiger partial charge in [0.05, 0.1) is 6.10 Å². The van der Waals surface area contributed by atoms with E-state index in [-0.39, 0.29) is 6.04 Å². The Morgan fingerprint density at radius 1 is 1.44 bits per heavy atom. The van der Waals surface area contributed by atoms with Crippen LogP contribution < -0.4 is 10.5 Å². The molecule has 0 aliphatic heterocycles. The maximum Gasteiger partial charge on any atom is 0.122 e. The molecule has 0 fully saturated rings. The second-order valence-corrected chi connectivity index (χ2v) is 4.19. The van der Waals surface area contributed by atoms with Crippen LogP contribution in [0.4, 0.5) is 0 Å². The predicted molar refractivity (Wildman–Crippen MR) is 65.6 cm³/mol. The summed E-state index contributed by atoms with van der Waals surface area (Å²) in [5.74, 6) is 0.817. The minimum atomic E-state index is -0.396. The predicted octanol–water partition coefficient (Wildman–Crippen LogP) is 2.16. The standard InChI is InChI=1S/C13H21NO2/c1-4-12(15)8-16-13-6-5-11(10(3)14)7-9(13)2/h5-7,10,12,15H,4,8,14H2,1-3H3/t10-,12?/m0/s1. The van der Waals surface area contributed by atoms with Gasteiger partial charge in [-0.25, -0.2) is 0 Å². The number of hydrogen-bond acceptors (Lipinski definition) is 3. The zero-order valence-electron chi connectivity index (χ0n) is 10.2. The highest BCUT2D eigenvalue weighted by molar-refractivity contribution is 5.37. The van der Waals surface area contributed by atoms with Crippen molar-refractivity contribution in [2.75, 3.05) is 6.61 Å². The molecule has 0 bridgehead atoms. The Balaban J connectivity index is 2.68. The Labute approximate surface area is 97.2 Å². The smallest absolute Gasteiger partial charge is 0.122 e. The minimum Gasteiger partial charge on any atom is -0.491 e. The molecule has 0 aromatic heterocycles. The van der Waals surface area contributed by atoms with Crippen molar-refractivity contribution in [3.8, 4) is 5.75 Å². The van der Waals surface area contributed by atoms with Gasteiger partial charge in [0.15, 0.2) is 0 Å². The van der Waals surface area contributed by atoms with Crippen molar-refractivity contribution in [2.45, 2.75) is 39.3 Å². The number of aryl methyl sites for hydroxylation is 1. The van der Waals surface area contributed by atoms with Gasteiger partial charge in [-0.2, -0.15) is 0 Å². The molecule has 0 spiro atoms. The van der Waals surface area contributed by atoms with Crippen LogP contribution in [0.15, 0.2) is 18.2 Å². The van der Waals surface area contributed by atoms with Gasteiger partial charge in [-0.05, 0) is 37.5 Å². The second kappa shape index (κ2) is 5.87. The van der Waals surface area contributed by atoms with Crippen molar-refractivity contribution in [1.29, 1.82) is 0 Å². The van der Waals surface area contributed by atoms with Gasteiger partial charge in [0.25, 0.3) is 0 Å². The molecular formula is C13H21NO2. The molecule has 1 rings (SSSR count). The van der Waals surface area contributed by atoms with Crippen LogP contribution in [0.3, 0.4) is 0 Å². The fraction of sp³-hybridized carbons (Fsp3) is 0.538. The van der Waals surface area contributed by atoms with E-state index in [1.807, 2.05) is 39.0 Å². The lowest BCUT2D eigenvalue weighted by molar-refractivity contribution is 0.104. The number of aliphatic hydroxyl groups is 1. The van der Waals surface area contributed by atoms with E-state index >= 15 is 0 Å². The Morgan fingerprint density at radius 2 is 2.12 bits per heavy atom. The third-order valence-corrected chi connectivity index (χ3v) is 2.63. The number of ether oxygens (including phenoxy) is 1. The summed E-state index contributed by atoms with van der Waals surface area (Å²) in [5.41, 5.74) is 7.95. The molecule has 2 atom stereocenters. The van der Waals surface area contributed by atoms with E-state index in [1.54, 1.807) is 0 Å². The fourth-order valence-electron chi connectivity index (χ4n) is 1.42. The van der Waals surface area contributed by atoms with Crippen LogP contribution >= 0.6 is 0 Å². The van der Waals surface area contributed by atoms with Crippen LogP contribution in [0.2, 0.25) is 0 Å². The zero-order valence-corrected chi connectivity index (χ0v) is 10.2. The first kappa shape index (κ1) is 13.0. The number of rotatable bonds is 5. The Morgan fingerprint density at radius 3 is 2.62 bits per heavy atom. The summed E-state index contributed by atoms with van der Waals surface area (Å²) in [6, 6.07) is 5.94. The number of hydrogen-bond donors (Lipinski definition) is 2. The summed E-state index contributed by atoms with van der Waals surface area (Å²) in [7, 11) is 0. The Bertz CT molecular complexity index is 337. The Kier molecular flexibility index (Phi) is 4.77. The van der Waals surface area contributed by atoms with Gasteiger partial charge < -0.3 is 15.6 Å². The first-order chi connectivity index (χ1) is 7.54. The van der Waals surface area contributed by atoms with Crippen molar-refractivity contribution < 1.29 is 9.84 Å². The molecule has 0 aliphatic rings. The van der Waals surface area contributed by atoms with Crippen molar-refractivity contribution in [2.24, 2.45) is 5.73 Å². The molecule has 3 heteroatoms. The van der Waals surface area contributed by atoms with Crippen molar-refractivity contribution in [1.82, 2.24) is 0 Å². The van der Waals surface area contributed by atoms with E-state index in [0.29, 0.717) is 13.0 Å². The summed E-state index contributed by atoms with van der Waals surface area (Å²) in [6.45, 7) is 6.21. The van der Waals surface area contributed by atoms with Crippen molar-refractivity contribution >= 4 is 0 Å². The maximum absolute atomic E-state index is 9.41. The van der Waals surface area contributed by atoms with Crippen LogP contribution in [0.5, 0.6) is 5.75 Å². The van der Waals surface area contributed by atoms with Crippen LogP contribution in [-0.2, 0) is 0 Å². The topological polar surface area (TPSA) is 55.5 Å². The highest BCUT2D eigenvalue weighted by atomic mass is 16.5. The molecular weight excluding hydrogens is 202 g/mol. The van der Waals surface area contributed by atoms with E-state index in [0.717, 1.165) is 16.9 Å². The largest absolute Gasteiger partial charge is 0.491 e. The average molecular weight is 223 g/mol. The van der Waals surface area contributed by atoms with E-state index in [1.165, 1.54) is 0 Å². The molecule has 0 amide bonds.